The Balaban J connectivity index is 2.52. The standard InChI is InChI=1S/C8H12F3NO/c1-2-6-3-4-12(5-6)7(13)8(9,10)11/h6H,2-5H2,1H3. The third-order valence-corrected chi connectivity index (χ3v) is 2.39. The molecule has 0 aromatic carbocycles. The molecule has 0 radical (unpaired) electrons. The minimum Gasteiger partial charge on any atom is -0.335 e. The zero-order chi connectivity index (χ0) is 10.1. The van der Waals surface area contributed by atoms with Gasteiger partial charge >= 0.3 is 12.1 Å². The zero-order valence-electron chi connectivity index (χ0n) is 7.40. The predicted molar refractivity (Wildman–Crippen MR) is 41.0 cm³/mol. The topological polar surface area (TPSA) is 20.3 Å². The van der Waals surface area contributed by atoms with Crippen LogP contribution in [0.4, 0.5) is 13.2 Å². The van der Waals surface area contributed by atoms with Gasteiger partial charge in [0, 0.05) is 13.1 Å². The summed E-state index contributed by atoms with van der Waals surface area (Å²) in [5.41, 5.74) is 0. The summed E-state index contributed by atoms with van der Waals surface area (Å²) in [5.74, 6) is -1.45. The summed E-state index contributed by atoms with van der Waals surface area (Å²) in [7, 11) is 0. The molecule has 0 N–H and O–H groups in total. The van der Waals surface area contributed by atoms with Crippen LogP contribution in [-0.4, -0.2) is 30.1 Å². The summed E-state index contributed by atoms with van der Waals surface area (Å²) in [4.78, 5) is 11.6. The number of hydrogen-bond donors (Lipinski definition) is 0. The average molecular weight is 195 g/mol. The van der Waals surface area contributed by atoms with Crippen LogP contribution < -0.4 is 0 Å². The molecule has 1 unspecified atom stereocenters. The average Bonchev–Trinajstić information content (AvgIpc) is 2.48. The molecule has 0 aromatic heterocycles. The number of alkyl halides is 3. The second-order valence-electron chi connectivity index (χ2n) is 3.31. The quantitative estimate of drug-likeness (QED) is 0.624. The van der Waals surface area contributed by atoms with Crippen LogP contribution in [0.2, 0.25) is 0 Å². The molecule has 1 atom stereocenters. The monoisotopic (exact) mass is 195 g/mol. The molecule has 1 amide bonds. The van der Waals surface area contributed by atoms with Gasteiger partial charge in [0.25, 0.3) is 0 Å². The van der Waals surface area contributed by atoms with Crippen LogP contribution in [0.5, 0.6) is 0 Å². The van der Waals surface area contributed by atoms with Gasteiger partial charge in [0.2, 0.25) is 0 Å². The Kier molecular flexibility index (Phi) is 2.83. The van der Waals surface area contributed by atoms with Crippen molar-refractivity contribution in [2.45, 2.75) is 25.9 Å². The van der Waals surface area contributed by atoms with Gasteiger partial charge < -0.3 is 4.90 Å². The lowest BCUT2D eigenvalue weighted by Gasteiger charge is -2.17. The molecule has 1 saturated heterocycles. The number of rotatable bonds is 1. The molecule has 76 valence electrons. The maximum Gasteiger partial charge on any atom is 0.471 e. The van der Waals surface area contributed by atoms with Crippen LogP contribution in [0.25, 0.3) is 0 Å². The van der Waals surface area contributed by atoms with E-state index in [2.05, 4.69) is 0 Å². The largest absolute Gasteiger partial charge is 0.471 e. The first kappa shape index (κ1) is 10.3. The Morgan fingerprint density at radius 2 is 2.15 bits per heavy atom. The summed E-state index contributed by atoms with van der Waals surface area (Å²) >= 11 is 0. The van der Waals surface area contributed by atoms with Crippen molar-refractivity contribution in [2.75, 3.05) is 13.1 Å². The van der Waals surface area contributed by atoms with Crippen molar-refractivity contribution in [3.8, 4) is 0 Å². The van der Waals surface area contributed by atoms with Crippen LogP contribution in [-0.2, 0) is 4.79 Å². The van der Waals surface area contributed by atoms with Crippen LogP contribution in [0, 0.1) is 5.92 Å². The van der Waals surface area contributed by atoms with Gasteiger partial charge in [-0.25, -0.2) is 0 Å². The lowest BCUT2D eigenvalue weighted by Crippen LogP contribution is -2.39. The van der Waals surface area contributed by atoms with Gasteiger partial charge in [0.15, 0.2) is 0 Å². The van der Waals surface area contributed by atoms with Gasteiger partial charge in [-0.15, -0.1) is 0 Å². The zero-order valence-corrected chi connectivity index (χ0v) is 7.40. The van der Waals surface area contributed by atoms with Gasteiger partial charge in [0.1, 0.15) is 0 Å². The Hall–Kier alpha value is -0.740. The molecule has 5 heteroatoms. The SMILES string of the molecule is CCC1CCN(C(=O)C(F)(F)F)C1. The van der Waals surface area contributed by atoms with Gasteiger partial charge in [-0.2, -0.15) is 13.2 Å². The van der Waals surface area contributed by atoms with E-state index in [0.717, 1.165) is 11.3 Å². The van der Waals surface area contributed by atoms with E-state index in [-0.39, 0.29) is 19.0 Å². The van der Waals surface area contributed by atoms with Crippen molar-refractivity contribution in [3.05, 3.63) is 0 Å². The van der Waals surface area contributed by atoms with Gasteiger partial charge in [0.05, 0.1) is 0 Å². The third kappa shape index (κ3) is 2.35. The van der Waals surface area contributed by atoms with Crippen molar-refractivity contribution in [3.63, 3.8) is 0 Å². The van der Waals surface area contributed by atoms with Gasteiger partial charge in [-0.05, 0) is 12.3 Å². The fourth-order valence-electron chi connectivity index (χ4n) is 1.53. The van der Waals surface area contributed by atoms with Crippen molar-refractivity contribution in [1.29, 1.82) is 0 Å². The molecule has 0 aromatic rings. The summed E-state index contributed by atoms with van der Waals surface area (Å²) in [6.07, 6.45) is -3.18. The molecule has 1 rings (SSSR count). The number of hydrogen-bond acceptors (Lipinski definition) is 1. The number of carbonyl (C=O) groups is 1. The summed E-state index contributed by atoms with van der Waals surface area (Å²) in [6.45, 7) is 2.43. The summed E-state index contributed by atoms with van der Waals surface area (Å²) in [6, 6.07) is 0. The molecule has 0 spiro atoms. The van der Waals surface area contributed by atoms with Gasteiger partial charge in [-0.3, -0.25) is 4.79 Å². The molecule has 1 fully saturated rings. The van der Waals surface area contributed by atoms with Crippen molar-refractivity contribution in [1.82, 2.24) is 4.90 Å². The minimum atomic E-state index is -4.71. The first-order chi connectivity index (χ1) is 5.95. The molecular formula is C8H12F3NO. The highest BCUT2D eigenvalue weighted by molar-refractivity contribution is 5.82. The first-order valence-electron chi connectivity index (χ1n) is 4.31. The molecule has 2 nitrogen and oxygen atoms in total. The lowest BCUT2D eigenvalue weighted by atomic mass is 10.1. The van der Waals surface area contributed by atoms with E-state index < -0.39 is 12.1 Å². The van der Waals surface area contributed by atoms with Crippen molar-refractivity contribution in [2.24, 2.45) is 5.92 Å². The summed E-state index contributed by atoms with van der Waals surface area (Å²) in [5, 5.41) is 0. The number of carbonyl (C=O) groups excluding carboxylic acids is 1. The smallest absolute Gasteiger partial charge is 0.335 e. The van der Waals surface area contributed by atoms with E-state index in [1.54, 1.807) is 0 Å². The van der Waals surface area contributed by atoms with E-state index in [0.29, 0.717) is 6.42 Å². The van der Waals surface area contributed by atoms with E-state index in [1.807, 2.05) is 6.92 Å². The van der Waals surface area contributed by atoms with Crippen molar-refractivity contribution < 1.29 is 18.0 Å². The second-order valence-corrected chi connectivity index (χ2v) is 3.31. The maximum absolute atomic E-state index is 11.9. The van der Waals surface area contributed by atoms with Crippen LogP contribution in [0.15, 0.2) is 0 Å². The van der Waals surface area contributed by atoms with E-state index >= 15 is 0 Å². The van der Waals surface area contributed by atoms with E-state index in [9.17, 15) is 18.0 Å². The van der Waals surface area contributed by atoms with Gasteiger partial charge in [-0.1, -0.05) is 13.3 Å². The third-order valence-electron chi connectivity index (χ3n) is 2.39. The maximum atomic E-state index is 11.9. The molecule has 1 aliphatic heterocycles. The molecule has 13 heavy (non-hydrogen) atoms. The molecule has 0 bridgehead atoms. The molecular weight excluding hydrogens is 183 g/mol. The number of likely N-dealkylation sites (tertiary alicyclic amines) is 1. The number of halogens is 3. The van der Waals surface area contributed by atoms with Crippen LogP contribution in [0.1, 0.15) is 19.8 Å². The normalized spacial score (nSPS) is 23.7. The predicted octanol–water partition coefficient (Wildman–Crippen LogP) is 1.81. The lowest BCUT2D eigenvalue weighted by molar-refractivity contribution is -0.184. The van der Waals surface area contributed by atoms with E-state index in [1.165, 1.54) is 0 Å². The van der Waals surface area contributed by atoms with Crippen molar-refractivity contribution >= 4 is 5.91 Å². The number of amides is 1. The molecule has 0 aliphatic carbocycles. The Morgan fingerprint density at radius 3 is 2.54 bits per heavy atom. The Labute approximate surface area is 74.7 Å². The Morgan fingerprint density at radius 1 is 1.54 bits per heavy atom. The second kappa shape index (κ2) is 3.55. The highest BCUT2D eigenvalue weighted by Crippen LogP contribution is 2.25. The van der Waals surface area contributed by atoms with Crippen LogP contribution >= 0.6 is 0 Å². The van der Waals surface area contributed by atoms with Crippen LogP contribution in [0.3, 0.4) is 0 Å². The fourth-order valence-corrected chi connectivity index (χ4v) is 1.53. The fraction of sp³-hybridized carbons (Fsp3) is 0.875. The first-order valence-corrected chi connectivity index (χ1v) is 4.31. The van der Waals surface area contributed by atoms with E-state index in [4.69, 9.17) is 0 Å². The highest BCUT2D eigenvalue weighted by Gasteiger charge is 2.44. The molecule has 0 saturated carbocycles. The minimum absolute atomic E-state index is 0.242. The Bertz CT molecular complexity index is 202. The number of nitrogens with zero attached hydrogens (tertiary/aromatic N) is 1. The summed E-state index contributed by atoms with van der Waals surface area (Å²) < 4.78 is 35.8. The highest BCUT2D eigenvalue weighted by atomic mass is 19.4. The molecule has 1 aliphatic rings. The molecule has 1 heterocycles.